The number of aromatic nitrogens is 5. The number of aryl methyl sites for hydroxylation is 2. The summed E-state index contributed by atoms with van der Waals surface area (Å²) in [6, 6.07) is 1.91. The zero-order chi connectivity index (χ0) is 18.1. The molecule has 26 heavy (non-hydrogen) atoms. The molecule has 1 aliphatic heterocycles. The van der Waals surface area contributed by atoms with Crippen LogP contribution in [0.5, 0.6) is 6.01 Å². The van der Waals surface area contributed by atoms with E-state index in [2.05, 4.69) is 19.9 Å². The molecule has 3 aromatic heterocycles. The van der Waals surface area contributed by atoms with Crippen molar-refractivity contribution in [2.24, 2.45) is 7.05 Å². The van der Waals surface area contributed by atoms with Gasteiger partial charge in [0.1, 0.15) is 12.9 Å². The summed E-state index contributed by atoms with van der Waals surface area (Å²) in [5, 5.41) is 0. The largest absolute Gasteiger partial charge is 0.461 e. The smallest absolute Gasteiger partial charge is 0.316 e. The van der Waals surface area contributed by atoms with Gasteiger partial charge in [-0.25, -0.2) is 19.9 Å². The second-order valence-corrected chi connectivity index (χ2v) is 6.21. The normalized spacial score (nSPS) is 16.4. The summed E-state index contributed by atoms with van der Waals surface area (Å²) in [6.45, 7) is 2.54. The first kappa shape index (κ1) is 16.2. The molecule has 0 aromatic carbocycles. The van der Waals surface area contributed by atoms with Gasteiger partial charge in [-0.15, -0.1) is 0 Å². The van der Waals surface area contributed by atoms with Crippen LogP contribution in [0.3, 0.4) is 0 Å². The van der Waals surface area contributed by atoms with Crippen LogP contribution in [0.15, 0.2) is 35.7 Å². The van der Waals surface area contributed by atoms with Crippen molar-refractivity contribution >= 4 is 5.91 Å². The molecule has 3 aromatic rings. The molecule has 1 atom stereocenters. The Balaban J connectivity index is 1.58. The van der Waals surface area contributed by atoms with Crippen LogP contribution in [0.25, 0.3) is 0 Å². The number of carbonyl (C=O) groups excluding carboxylic acids is 1. The molecule has 0 spiro atoms. The number of imidazole rings is 1. The number of rotatable bonds is 4. The molecule has 134 valence electrons. The van der Waals surface area contributed by atoms with Crippen molar-refractivity contribution in [3.63, 3.8) is 0 Å². The predicted molar refractivity (Wildman–Crippen MR) is 89.3 cm³/mol. The maximum Gasteiger partial charge on any atom is 0.316 e. The van der Waals surface area contributed by atoms with Gasteiger partial charge in [0.25, 0.3) is 5.91 Å². The van der Waals surface area contributed by atoms with E-state index in [1.807, 2.05) is 18.5 Å². The Morgan fingerprint density at radius 2 is 2.27 bits per heavy atom. The summed E-state index contributed by atoms with van der Waals surface area (Å²) in [6.07, 6.45) is 6.63. The van der Waals surface area contributed by atoms with Crippen molar-refractivity contribution < 1.29 is 13.9 Å². The molecule has 0 aliphatic carbocycles. The van der Waals surface area contributed by atoms with Crippen molar-refractivity contribution in [3.05, 3.63) is 54.0 Å². The summed E-state index contributed by atoms with van der Waals surface area (Å²) in [4.78, 5) is 31.3. The Bertz CT molecular complexity index is 920. The Kier molecular flexibility index (Phi) is 4.11. The number of carbonyl (C=O) groups is 1. The molecule has 0 bridgehead atoms. The number of hydrogen-bond donors (Lipinski definition) is 0. The molecule has 9 nitrogen and oxygen atoms in total. The Morgan fingerprint density at radius 3 is 3.04 bits per heavy atom. The summed E-state index contributed by atoms with van der Waals surface area (Å²) in [5.74, 6) is -0.214. The van der Waals surface area contributed by atoms with E-state index in [0.717, 1.165) is 17.1 Å². The average Bonchev–Trinajstić information content (AvgIpc) is 3.29. The van der Waals surface area contributed by atoms with E-state index in [1.54, 1.807) is 23.5 Å². The summed E-state index contributed by atoms with van der Waals surface area (Å²) < 4.78 is 12.7. The minimum atomic E-state index is -0.214. The van der Waals surface area contributed by atoms with Crippen LogP contribution >= 0.6 is 0 Å². The predicted octanol–water partition coefficient (Wildman–Crippen LogP) is 1.15. The molecule has 0 saturated heterocycles. The fraction of sp³-hybridized carbons (Fsp3) is 0.353. The highest BCUT2D eigenvalue weighted by Gasteiger charge is 2.34. The summed E-state index contributed by atoms with van der Waals surface area (Å²) in [7, 11) is 1.95. The van der Waals surface area contributed by atoms with E-state index in [0.29, 0.717) is 19.0 Å². The maximum absolute atomic E-state index is 12.8. The van der Waals surface area contributed by atoms with Crippen molar-refractivity contribution in [2.45, 2.75) is 25.9 Å². The van der Waals surface area contributed by atoms with Crippen LogP contribution in [-0.2, 0) is 20.0 Å². The van der Waals surface area contributed by atoms with Crippen LogP contribution in [0.1, 0.15) is 27.6 Å². The first-order chi connectivity index (χ1) is 12.6. The standard InChI is InChI=1S/C17H18N6O3/c1-11-3-4-18-17(21-11)26-7-12-5-15-13(19-9-22(15)2)6-23(12)16(24)14-8-25-10-20-14/h3-4,8-10,12H,5-7H2,1-2H3. The molecule has 4 rings (SSSR count). The van der Waals surface area contributed by atoms with Crippen LogP contribution in [0, 0.1) is 6.92 Å². The second kappa shape index (κ2) is 6.58. The van der Waals surface area contributed by atoms with Gasteiger partial charge in [-0.2, -0.15) is 0 Å². The minimum absolute atomic E-state index is 0.189. The van der Waals surface area contributed by atoms with E-state index < -0.39 is 0 Å². The number of nitrogens with zero attached hydrogens (tertiary/aromatic N) is 6. The molecule has 1 aliphatic rings. The lowest BCUT2D eigenvalue weighted by atomic mass is 10.0. The monoisotopic (exact) mass is 354 g/mol. The lowest BCUT2D eigenvalue weighted by Gasteiger charge is -2.34. The Hall–Kier alpha value is -3.23. The van der Waals surface area contributed by atoms with E-state index in [-0.39, 0.29) is 24.2 Å². The minimum Gasteiger partial charge on any atom is -0.461 e. The highest BCUT2D eigenvalue weighted by molar-refractivity contribution is 5.92. The van der Waals surface area contributed by atoms with Gasteiger partial charge in [-0.05, 0) is 13.0 Å². The zero-order valence-electron chi connectivity index (χ0n) is 14.5. The molecule has 1 amide bonds. The third-order valence-corrected chi connectivity index (χ3v) is 4.43. The fourth-order valence-corrected chi connectivity index (χ4v) is 3.04. The molecule has 0 N–H and O–H groups in total. The van der Waals surface area contributed by atoms with Gasteiger partial charge in [0.2, 0.25) is 0 Å². The van der Waals surface area contributed by atoms with Crippen molar-refractivity contribution in [2.75, 3.05) is 6.61 Å². The van der Waals surface area contributed by atoms with Crippen LogP contribution in [0.2, 0.25) is 0 Å². The first-order valence-electron chi connectivity index (χ1n) is 8.22. The maximum atomic E-state index is 12.8. The van der Waals surface area contributed by atoms with Crippen LogP contribution < -0.4 is 4.74 Å². The molecular weight excluding hydrogens is 336 g/mol. The molecule has 4 heterocycles. The van der Waals surface area contributed by atoms with Crippen molar-refractivity contribution in [1.82, 2.24) is 29.4 Å². The van der Waals surface area contributed by atoms with Gasteiger partial charge in [-0.1, -0.05) is 0 Å². The van der Waals surface area contributed by atoms with Gasteiger partial charge in [0, 0.05) is 31.1 Å². The van der Waals surface area contributed by atoms with E-state index >= 15 is 0 Å². The van der Waals surface area contributed by atoms with Crippen LogP contribution in [-0.4, -0.2) is 48.0 Å². The highest BCUT2D eigenvalue weighted by Crippen LogP contribution is 2.24. The van der Waals surface area contributed by atoms with E-state index in [1.165, 1.54) is 12.7 Å². The van der Waals surface area contributed by atoms with Gasteiger partial charge < -0.3 is 18.6 Å². The van der Waals surface area contributed by atoms with Crippen LogP contribution in [0.4, 0.5) is 0 Å². The number of oxazole rings is 1. The zero-order valence-corrected chi connectivity index (χ0v) is 14.5. The molecule has 0 radical (unpaired) electrons. The molecule has 9 heteroatoms. The third-order valence-electron chi connectivity index (χ3n) is 4.43. The van der Waals surface area contributed by atoms with Gasteiger partial charge in [-0.3, -0.25) is 4.79 Å². The van der Waals surface area contributed by atoms with Gasteiger partial charge >= 0.3 is 6.01 Å². The highest BCUT2D eigenvalue weighted by atomic mass is 16.5. The second-order valence-electron chi connectivity index (χ2n) is 6.21. The lowest BCUT2D eigenvalue weighted by molar-refractivity contribution is 0.0544. The molecule has 0 saturated carbocycles. The Morgan fingerprint density at radius 1 is 1.38 bits per heavy atom. The summed E-state index contributed by atoms with van der Waals surface area (Å²) in [5.41, 5.74) is 3.06. The van der Waals surface area contributed by atoms with E-state index in [9.17, 15) is 4.79 Å². The van der Waals surface area contributed by atoms with Crippen molar-refractivity contribution in [3.8, 4) is 6.01 Å². The Labute approximate surface area is 149 Å². The topological polar surface area (TPSA) is 99.2 Å². The number of ether oxygens (including phenoxy) is 1. The molecule has 1 unspecified atom stereocenters. The number of hydrogen-bond acceptors (Lipinski definition) is 7. The number of amides is 1. The third kappa shape index (κ3) is 3.03. The van der Waals surface area contributed by atoms with Gasteiger partial charge in [0.15, 0.2) is 12.1 Å². The molecule has 0 fully saturated rings. The van der Waals surface area contributed by atoms with Gasteiger partial charge in [0.05, 0.1) is 24.6 Å². The average molecular weight is 354 g/mol. The SMILES string of the molecule is Cc1ccnc(OCC2Cc3c(ncn3C)CN2C(=O)c2cocn2)n1. The van der Waals surface area contributed by atoms with Crippen molar-refractivity contribution in [1.29, 1.82) is 0 Å². The lowest BCUT2D eigenvalue weighted by Crippen LogP contribution is -2.48. The first-order valence-corrected chi connectivity index (χ1v) is 8.22. The summed E-state index contributed by atoms with van der Waals surface area (Å²) >= 11 is 0. The number of fused-ring (bicyclic) bond motifs is 1. The van der Waals surface area contributed by atoms with E-state index in [4.69, 9.17) is 9.15 Å². The quantitative estimate of drug-likeness (QED) is 0.693. The fourth-order valence-electron chi connectivity index (χ4n) is 3.04. The molecular formula is C17H18N6O3.